The van der Waals surface area contributed by atoms with Gasteiger partial charge in [-0.15, -0.1) is 0 Å². The summed E-state index contributed by atoms with van der Waals surface area (Å²) in [7, 11) is 4.03. The number of nitrogens with one attached hydrogen (secondary N) is 1. The highest BCUT2D eigenvalue weighted by molar-refractivity contribution is 7.80. The summed E-state index contributed by atoms with van der Waals surface area (Å²) in [5.74, 6) is 0. The smallest absolute Gasteiger partial charge is 0.164 e. The van der Waals surface area contributed by atoms with Crippen LogP contribution in [0.3, 0.4) is 0 Å². The van der Waals surface area contributed by atoms with Gasteiger partial charge in [0, 0.05) is 12.1 Å². The maximum absolute atomic E-state index is 5.36. The Bertz CT molecular complexity index is 143. The Morgan fingerprint density at radius 1 is 1.55 bits per heavy atom. The third kappa shape index (κ3) is 6.06. The molecule has 0 unspecified atom stereocenters. The molecule has 4 heteroatoms. The van der Waals surface area contributed by atoms with Crippen molar-refractivity contribution in [3.63, 3.8) is 0 Å². The molecule has 0 heterocycles. The van der Waals surface area contributed by atoms with E-state index >= 15 is 0 Å². The predicted molar refractivity (Wildman–Crippen MR) is 52.6 cm³/mol. The van der Waals surface area contributed by atoms with E-state index in [0.29, 0.717) is 5.11 Å². The Morgan fingerprint density at radius 2 is 2.00 bits per heavy atom. The minimum absolute atomic E-state index is 0.0463. The zero-order valence-electron chi connectivity index (χ0n) is 7.64. The van der Waals surface area contributed by atoms with E-state index in [1.54, 1.807) is 0 Å². The van der Waals surface area contributed by atoms with Crippen molar-refractivity contribution in [2.45, 2.75) is 19.4 Å². The zero-order chi connectivity index (χ0) is 9.07. The molecular formula is C7H17N3S. The lowest BCUT2D eigenvalue weighted by Crippen LogP contribution is -2.51. The van der Waals surface area contributed by atoms with Gasteiger partial charge >= 0.3 is 0 Å². The maximum atomic E-state index is 5.36. The quantitative estimate of drug-likeness (QED) is 0.600. The number of nitrogens with two attached hydrogens (primary N) is 1. The van der Waals surface area contributed by atoms with Crippen LogP contribution in [0.1, 0.15) is 13.8 Å². The summed E-state index contributed by atoms with van der Waals surface area (Å²) in [6.45, 7) is 5.03. The van der Waals surface area contributed by atoms with Crippen LogP contribution >= 0.6 is 12.2 Å². The topological polar surface area (TPSA) is 41.3 Å². The average Bonchev–Trinajstić information content (AvgIpc) is 1.53. The van der Waals surface area contributed by atoms with Crippen molar-refractivity contribution in [2.24, 2.45) is 5.73 Å². The molecule has 0 spiro atoms. The number of thiocarbonyl (C=S) groups is 1. The lowest BCUT2D eigenvalue weighted by Gasteiger charge is -2.29. The highest BCUT2D eigenvalue weighted by atomic mass is 32.1. The van der Waals surface area contributed by atoms with Crippen molar-refractivity contribution in [3.05, 3.63) is 0 Å². The second-order valence-corrected chi connectivity index (χ2v) is 4.05. The molecule has 0 atom stereocenters. The van der Waals surface area contributed by atoms with Crippen LogP contribution in [0.4, 0.5) is 0 Å². The summed E-state index contributed by atoms with van der Waals surface area (Å²) in [5.41, 5.74) is 5.31. The summed E-state index contributed by atoms with van der Waals surface area (Å²) in [5, 5.41) is 3.38. The van der Waals surface area contributed by atoms with E-state index in [4.69, 9.17) is 18.0 Å². The van der Waals surface area contributed by atoms with E-state index in [1.165, 1.54) is 0 Å². The molecule has 0 saturated heterocycles. The van der Waals surface area contributed by atoms with E-state index in [9.17, 15) is 0 Å². The highest BCUT2D eigenvalue weighted by Crippen LogP contribution is 2.01. The molecule has 0 rings (SSSR count). The molecule has 11 heavy (non-hydrogen) atoms. The van der Waals surface area contributed by atoms with Gasteiger partial charge in [0.1, 0.15) is 0 Å². The molecule has 0 saturated carbocycles. The van der Waals surface area contributed by atoms with E-state index in [1.807, 2.05) is 14.1 Å². The van der Waals surface area contributed by atoms with E-state index in [2.05, 4.69) is 24.1 Å². The summed E-state index contributed by atoms with van der Waals surface area (Å²) in [4.78, 5) is 2.09. The van der Waals surface area contributed by atoms with Gasteiger partial charge in [-0.2, -0.15) is 0 Å². The third-order valence-electron chi connectivity index (χ3n) is 1.17. The van der Waals surface area contributed by atoms with Crippen molar-refractivity contribution < 1.29 is 0 Å². The van der Waals surface area contributed by atoms with Crippen molar-refractivity contribution in [1.29, 1.82) is 0 Å². The Hall–Kier alpha value is -0.350. The predicted octanol–water partition coefficient (Wildman–Crippen LogP) is 0.160. The van der Waals surface area contributed by atoms with Crippen LogP contribution in [-0.2, 0) is 0 Å². The minimum Gasteiger partial charge on any atom is -0.376 e. The van der Waals surface area contributed by atoms with Gasteiger partial charge < -0.3 is 16.0 Å². The van der Waals surface area contributed by atoms with Crippen LogP contribution in [0, 0.1) is 0 Å². The first kappa shape index (κ1) is 10.7. The average molecular weight is 175 g/mol. The molecule has 0 bridgehead atoms. The first-order chi connectivity index (χ1) is 4.83. The normalized spacial score (nSPS) is 11.7. The standard InChI is InChI=1S/C7H17N3S/c1-7(2,5-10(3)4)9-6(8)11/h5H2,1-4H3,(H3,8,9,11). The molecule has 0 amide bonds. The lowest BCUT2D eigenvalue weighted by molar-refractivity contribution is 0.296. The Morgan fingerprint density at radius 3 is 2.27 bits per heavy atom. The van der Waals surface area contributed by atoms with Gasteiger partial charge in [-0.05, 0) is 40.2 Å². The number of hydrogen-bond acceptors (Lipinski definition) is 2. The van der Waals surface area contributed by atoms with Crippen LogP contribution in [0.15, 0.2) is 0 Å². The number of likely N-dealkylation sites (N-methyl/N-ethyl adjacent to an activating group) is 1. The zero-order valence-corrected chi connectivity index (χ0v) is 8.46. The van der Waals surface area contributed by atoms with Crippen molar-refractivity contribution in [3.8, 4) is 0 Å². The SMILES string of the molecule is CN(C)CC(C)(C)NC(N)=S. The van der Waals surface area contributed by atoms with E-state index in [-0.39, 0.29) is 5.54 Å². The molecule has 3 N–H and O–H groups in total. The van der Waals surface area contributed by atoms with Gasteiger partial charge in [-0.1, -0.05) is 0 Å². The summed E-state index contributed by atoms with van der Waals surface area (Å²) >= 11 is 4.74. The van der Waals surface area contributed by atoms with Gasteiger partial charge in [0.25, 0.3) is 0 Å². The second kappa shape index (κ2) is 3.88. The molecule has 0 aromatic carbocycles. The Kier molecular flexibility index (Phi) is 3.75. The molecule has 0 aromatic rings. The van der Waals surface area contributed by atoms with Crippen LogP contribution in [0.2, 0.25) is 0 Å². The minimum atomic E-state index is -0.0463. The fraction of sp³-hybridized carbons (Fsp3) is 0.857. The van der Waals surface area contributed by atoms with Gasteiger partial charge in [0.2, 0.25) is 0 Å². The fourth-order valence-electron chi connectivity index (χ4n) is 1.16. The lowest BCUT2D eigenvalue weighted by atomic mass is 10.1. The summed E-state index contributed by atoms with van der Waals surface area (Å²) in [6, 6.07) is 0. The third-order valence-corrected chi connectivity index (χ3v) is 1.28. The number of hydrogen-bond donors (Lipinski definition) is 2. The molecular weight excluding hydrogens is 158 g/mol. The van der Waals surface area contributed by atoms with E-state index < -0.39 is 0 Å². The summed E-state index contributed by atoms with van der Waals surface area (Å²) < 4.78 is 0. The molecule has 0 fully saturated rings. The van der Waals surface area contributed by atoms with Gasteiger partial charge in [0.15, 0.2) is 5.11 Å². The molecule has 0 aromatic heterocycles. The van der Waals surface area contributed by atoms with Crippen LogP contribution < -0.4 is 11.1 Å². The van der Waals surface area contributed by atoms with Crippen LogP contribution in [0.5, 0.6) is 0 Å². The van der Waals surface area contributed by atoms with Gasteiger partial charge in [-0.25, -0.2) is 0 Å². The Labute approximate surface area is 73.9 Å². The Balaban J connectivity index is 3.89. The second-order valence-electron chi connectivity index (χ2n) is 3.61. The molecule has 66 valence electrons. The molecule has 0 radical (unpaired) electrons. The van der Waals surface area contributed by atoms with Crippen molar-refractivity contribution in [2.75, 3.05) is 20.6 Å². The van der Waals surface area contributed by atoms with Gasteiger partial charge in [-0.3, -0.25) is 0 Å². The van der Waals surface area contributed by atoms with Crippen molar-refractivity contribution in [1.82, 2.24) is 10.2 Å². The monoisotopic (exact) mass is 175 g/mol. The number of rotatable bonds is 3. The first-order valence-corrected chi connectivity index (χ1v) is 3.97. The maximum Gasteiger partial charge on any atom is 0.164 e. The molecule has 0 aliphatic rings. The highest BCUT2D eigenvalue weighted by Gasteiger charge is 2.17. The molecule has 0 aliphatic carbocycles. The largest absolute Gasteiger partial charge is 0.376 e. The molecule has 3 nitrogen and oxygen atoms in total. The van der Waals surface area contributed by atoms with Crippen molar-refractivity contribution >= 4 is 17.3 Å². The van der Waals surface area contributed by atoms with Crippen LogP contribution in [-0.4, -0.2) is 36.2 Å². The van der Waals surface area contributed by atoms with Crippen LogP contribution in [0.25, 0.3) is 0 Å². The fourth-order valence-corrected chi connectivity index (χ4v) is 1.44. The van der Waals surface area contributed by atoms with E-state index in [0.717, 1.165) is 6.54 Å². The summed E-state index contributed by atoms with van der Waals surface area (Å²) in [6.07, 6.45) is 0. The first-order valence-electron chi connectivity index (χ1n) is 3.56. The molecule has 0 aliphatic heterocycles. The number of nitrogens with zero attached hydrogens (tertiary/aromatic N) is 1. The van der Waals surface area contributed by atoms with Gasteiger partial charge in [0.05, 0.1) is 0 Å².